The minimum absolute atomic E-state index is 0.174. The first kappa shape index (κ1) is 20.8. The molecule has 2 saturated heterocycles. The molecule has 2 atom stereocenters. The van der Waals surface area contributed by atoms with Gasteiger partial charge in [-0.2, -0.15) is 0 Å². The zero-order valence-corrected chi connectivity index (χ0v) is 16.2. The second kappa shape index (κ2) is 9.08. The van der Waals surface area contributed by atoms with Gasteiger partial charge in [0.1, 0.15) is 18.5 Å². The van der Waals surface area contributed by atoms with Crippen molar-refractivity contribution in [3.63, 3.8) is 0 Å². The summed E-state index contributed by atoms with van der Waals surface area (Å²) in [5.41, 5.74) is 0.833. The number of carbonyl (C=O) groups excluding carboxylic acids is 3. The number of nitrogens with one attached hydrogen (secondary N) is 2. The van der Waals surface area contributed by atoms with E-state index in [0.29, 0.717) is 31.0 Å². The number of nitrogens with zero attached hydrogens (tertiary/aromatic N) is 2. The van der Waals surface area contributed by atoms with Gasteiger partial charge >= 0.3 is 6.09 Å². The quantitative estimate of drug-likeness (QED) is 0.595. The molecule has 2 heterocycles. The topological polar surface area (TPSA) is 111 Å². The van der Waals surface area contributed by atoms with Gasteiger partial charge in [0, 0.05) is 26.6 Å². The summed E-state index contributed by atoms with van der Waals surface area (Å²) in [5.74, 6) is -0.906. The maximum absolute atomic E-state index is 14.7. The standard InChI is InChI=1S/C19H25FN4O5/c1-12(26)21-8-15-10-24(19(28)29-15)14-2-3-17(16(20)6-14)23-5-4-13(9-23)7-22-18(27)11-25/h2-3,6,13,15,25H,4-5,7-11H2,1H3,(H,21,26)(H,22,27). The molecule has 1 aromatic rings. The average Bonchev–Trinajstić information content (AvgIpc) is 3.30. The molecule has 0 aliphatic carbocycles. The number of aliphatic hydroxyl groups is 1. The van der Waals surface area contributed by atoms with Gasteiger partial charge in [-0.05, 0) is 30.5 Å². The van der Waals surface area contributed by atoms with Crippen molar-refractivity contribution in [3.05, 3.63) is 24.0 Å². The van der Waals surface area contributed by atoms with Crippen molar-refractivity contribution in [2.45, 2.75) is 19.4 Å². The zero-order valence-electron chi connectivity index (χ0n) is 16.2. The lowest BCUT2D eigenvalue weighted by molar-refractivity contribution is -0.124. The van der Waals surface area contributed by atoms with Crippen molar-refractivity contribution < 1.29 is 28.6 Å². The summed E-state index contributed by atoms with van der Waals surface area (Å²) in [6, 6.07) is 4.60. The van der Waals surface area contributed by atoms with Gasteiger partial charge in [0.15, 0.2) is 0 Å². The van der Waals surface area contributed by atoms with Crippen LogP contribution in [0.3, 0.4) is 0 Å². The lowest BCUT2D eigenvalue weighted by Gasteiger charge is -2.21. The molecule has 3 amide bonds. The molecule has 0 bridgehead atoms. The Morgan fingerprint density at radius 2 is 2.07 bits per heavy atom. The van der Waals surface area contributed by atoms with Crippen LogP contribution in [0.1, 0.15) is 13.3 Å². The van der Waals surface area contributed by atoms with Crippen LogP contribution < -0.4 is 20.4 Å². The number of cyclic esters (lactones) is 1. The van der Waals surface area contributed by atoms with Gasteiger partial charge < -0.3 is 25.4 Å². The van der Waals surface area contributed by atoms with Gasteiger partial charge in [-0.15, -0.1) is 0 Å². The van der Waals surface area contributed by atoms with E-state index in [1.165, 1.54) is 17.9 Å². The Morgan fingerprint density at radius 3 is 2.76 bits per heavy atom. The molecule has 2 unspecified atom stereocenters. The maximum atomic E-state index is 14.7. The predicted molar refractivity (Wildman–Crippen MR) is 103 cm³/mol. The number of halogens is 1. The molecule has 3 rings (SSSR count). The third kappa shape index (κ3) is 5.14. The molecule has 2 fully saturated rings. The van der Waals surface area contributed by atoms with Crippen molar-refractivity contribution in [2.24, 2.45) is 5.92 Å². The largest absolute Gasteiger partial charge is 0.442 e. The molecule has 1 aromatic carbocycles. The first-order valence-corrected chi connectivity index (χ1v) is 9.52. The molecule has 0 aromatic heterocycles. The van der Waals surface area contributed by atoms with E-state index in [1.807, 2.05) is 4.90 Å². The SMILES string of the molecule is CC(=O)NCC1CN(c2ccc(N3CCC(CNC(=O)CO)C3)c(F)c2)C(=O)O1. The molecular formula is C19H25FN4O5. The molecule has 10 heteroatoms. The second-order valence-electron chi connectivity index (χ2n) is 7.25. The van der Waals surface area contributed by atoms with Gasteiger partial charge in [-0.3, -0.25) is 14.5 Å². The normalized spacial score (nSPS) is 21.3. The highest BCUT2D eigenvalue weighted by Gasteiger charge is 2.33. The number of rotatable bonds is 7. The first-order chi connectivity index (χ1) is 13.9. The molecule has 2 aliphatic rings. The zero-order chi connectivity index (χ0) is 21.0. The summed E-state index contributed by atoms with van der Waals surface area (Å²) < 4.78 is 20.0. The van der Waals surface area contributed by atoms with E-state index < -0.39 is 30.5 Å². The van der Waals surface area contributed by atoms with Crippen LogP contribution in [-0.2, 0) is 14.3 Å². The van der Waals surface area contributed by atoms with Crippen LogP contribution in [0.4, 0.5) is 20.6 Å². The molecular weight excluding hydrogens is 383 g/mol. The van der Waals surface area contributed by atoms with Crippen molar-refractivity contribution in [3.8, 4) is 0 Å². The molecule has 2 aliphatic heterocycles. The molecule has 0 saturated carbocycles. The lowest BCUT2D eigenvalue weighted by atomic mass is 10.1. The number of benzene rings is 1. The predicted octanol–water partition coefficient (Wildman–Crippen LogP) is 0.222. The fraction of sp³-hybridized carbons (Fsp3) is 0.526. The fourth-order valence-corrected chi connectivity index (χ4v) is 3.55. The summed E-state index contributed by atoms with van der Waals surface area (Å²) >= 11 is 0. The van der Waals surface area contributed by atoms with Crippen LogP contribution in [0.2, 0.25) is 0 Å². The summed E-state index contributed by atoms with van der Waals surface area (Å²) in [4.78, 5) is 37.5. The number of hydrogen-bond acceptors (Lipinski definition) is 6. The van der Waals surface area contributed by atoms with Crippen LogP contribution in [0.15, 0.2) is 18.2 Å². The molecule has 9 nitrogen and oxygen atoms in total. The Kier molecular flexibility index (Phi) is 6.53. The average molecular weight is 408 g/mol. The van der Waals surface area contributed by atoms with Gasteiger partial charge in [-0.25, -0.2) is 9.18 Å². The third-order valence-electron chi connectivity index (χ3n) is 5.05. The monoisotopic (exact) mass is 408 g/mol. The molecule has 0 radical (unpaired) electrons. The maximum Gasteiger partial charge on any atom is 0.414 e. The van der Waals surface area contributed by atoms with Gasteiger partial charge in [0.2, 0.25) is 11.8 Å². The smallest absolute Gasteiger partial charge is 0.414 e. The van der Waals surface area contributed by atoms with E-state index in [1.54, 1.807) is 12.1 Å². The Bertz CT molecular complexity index is 790. The number of anilines is 2. The van der Waals surface area contributed by atoms with Crippen molar-refractivity contribution in [2.75, 3.05) is 49.1 Å². The highest BCUT2D eigenvalue weighted by atomic mass is 19.1. The first-order valence-electron chi connectivity index (χ1n) is 9.52. The Balaban J connectivity index is 1.60. The van der Waals surface area contributed by atoms with Crippen molar-refractivity contribution in [1.82, 2.24) is 10.6 Å². The van der Waals surface area contributed by atoms with Crippen LogP contribution in [0, 0.1) is 11.7 Å². The van der Waals surface area contributed by atoms with Gasteiger partial charge in [-0.1, -0.05) is 0 Å². The number of amides is 3. The van der Waals surface area contributed by atoms with Gasteiger partial charge in [0.05, 0.1) is 24.5 Å². The minimum Gasteiger partial charge on any atom is -0.442 e. The highest BCUT2D eigenvalue weighted by Crippen LogP contribution is 2.30. The Hall–Kier alpha value is -2.88. The van der Waals surface area contributed by atoms with E-state index in [2.05, 4.69) is 10.6 Å². The Labute approximate surface area is 167 Å². The van der Waals surface area contributed by atoms with Gasteiger partial charge in [0.25, 0.3) is 0 Å². The van der Waals surface area contributed by atoms with Crippen molar-refractivity contribution >= 4 is 29.3 Å². The van der Waals surface area contributed by atoms with E-state index in [9.17, 15) is 18.8 Å². The molecule has 3 N–H and O–H groups in total. The summed E-state index contributed by atoms with van der Waals surface area (Å²) in [6.07, 6.45) is -0.258. The fourth-order valence-electron chi connectivity index (χ4n) is 3.55. The Morgan fingerprint density at radius 1 is 1.28 bits per heavy atom. The van der Waals surface area contributed by atoms with E-state index in [4.69, 9.17) is 9.84 Å². The van der Waals surface area contributed by atoms with Crippen molar-refractivity contribution in [1.29, 1.82) is 0 Å². The second-order valence-corrected chi connectivity index (χ2v) is 7.25. The number of ether oxygens (including phenoxy) is 1. The number of aliphatic hydroxyl groups excluding tert-OH is 1. The highest BCUT2D eigenvalue weighted by molar-refractivity contribution is 5.90. The minimum atomic E-state index is -0.576. The summed E-state index contributed by atoms with van der Waals surface area (Å²) in [6.45, 7) is 2.95. The molecule has 158 valence electrons. The van der Waals surface area contributed by atoms with E-state index in [-0.39, 0.29) is 24.9 Å². The number of carbonyl (C=O) groups is 3. The van der Waals surface area contributed by atoms with E-state index >= 15 is 0 Å². The van der Waals surface area contributed by atoms with E-state index in [0.717, 1.165) is 6.42 Å². The van der Waals surface area contributed by atoms with Crippen LogP contribution in [0.5, 0.6) is 0 Å². The lowest BCUT2D eigenvalue weighted by Crippen LogP contribution is -2.33. The number of hydrogen-bond donors (Lipinski definition) is 3. The molecule has 0 spiro atoms. The van der Waals surface area contributed by atoms with Crippen LogP contribution in [0.25, 0.3) is 0 Å². The van der Waals surface area contributed by atoms with Crippen LogP contribution in [-0.4, -0.2) is 68.4 Å². The summed E-state index contributed by atoms with van der Waals surface area (Å²) in [5, 5.41) is 14.0. The van der Waals surface area contributed by atoms with Crippen LogP contribution >= 0.6 is 0 Å². The third-order valence-corrected chi connectivity index (χ3v) is 5.05. The summed E-state index contributed by atoms with van der Waals surface area (Å²) in [7, 11) is 0. The molecule has 29 heavy (non-hydrogen) atoms.